The number of anilines is 2. The van der Waals surface area contributed by atoms with Crippen molar-refractivity contribution >= 4 is 40.2 Å². The highest BCUT2D eigenvalue weighted by Crippen LogP contribution is 2.17. The summed E-state index contributed by atoms with van der Waals surface area (Å²) in [5.74, 6) is 0.381. The van der Waals surface area contributed by atoms with Gasteiger partial charge in [0.05, 0.1) is 14.1 Å². The molecular weight excluding hydrogens is 457 g/mol. The number of amides is 1. The minimum Gasteiger partial charge on any atom is -1.00 e. The van der Waals surface area contributed by atoms with Crippen LogP contribution in [0.3, 0.4) is 0 Å². The fourth-order valence-electron chi connectivity index (χ4n) is 2.62. The van der Waals surface area contributed by atoms with Crippen molar-refractivity contribution in [2.75, 3.05) is 11.5 Å². The number of nitrogens with two attached hydrogens (primary N) is 2. The first-order valence-electron chi connectivity index (χ1n) is 7.19. The zero-order valence-corrected chi connectivity index (χ0v) is 16.5. The Morgan fingerprint density at radius 1 is 1.28 bits per heavy atom. The third-order valence-electron chi connectivity index (χ3n) is 3.91. The molecule has 0 unspecified atom stereocenters. The number of imidazole rings is 1. The Hall–Kier alpha value is -2.14. The van der Waals surface area contributed by atoms with Gasteiger partial charge in [-0.1, -0.05) is 23.7 Å². The molecule has 3 aromatic rings. The number of carbonyl (C=O) groups is 1. The summed E-state index contributed by atoms with van der Waals surface area (Å²) in [6, 6.07) is 7.97. The van der Waals surface area contributed by atoms with E-state index in [0.717, 1.165) is 16.9 Å². The number of benzene rings is 1. The second-order valence-electron chi connectivity index (χ2n) is 5.34. The summed E-state index contributed by atoms with van der Waals surface area (Å²) in [6.07, 6.45) is 0. The number of rotatable bonds is 3. The summed E-state index contributed by atoms with van der Waals surface area (Å²) >= 11 is 5.81. The van der Waals surface area contributed by atoms with Gasteiger partial charge in [0.25, 0.3) is 11.7 Å². The highest BCUT2D eigenvalue weighted by Gasteiger charge is 2.22. The second kappa shape index (κ2) is 7.40. The van der Waals surface area contributed by atoms with Crippen LogP contribution in [0.1, 0.15) is 16.3 Å². The van der Waals surface area contributed by atoms with E-state index in [1.54, 1.807) is 0 Å². The number of hydrogen-bond acceptors (Lipinski definition) is 5. The molecule has 5 N–H and O–H groups in total. The van der Waals surface area contributed by atoms with Crippen LogP contribution in [0, 0.1) is 0 Å². The number of hydrogen-bond donors (Lipinski definition) is 3. The van der Waals surface area contributed by atoms with Crippen molar-refractivity contribution in [3.63, 3.8) is 0 Å². The quantitative estimate of drug-likeness (QED) is 0.288. The molecular formula is C15H17ClIN7O. The Bertz CT molecular complexity index is 918. The van der Waals surface area contributed by atoms with Gasteiger partial charge in [0.15, 0.2) is 33.5 Å². The maximum atomic E-state index is 12.3. The second-order valence-corrected chi connectivity index (χ2v) is 5.70. The van der Waals surface area contributed by atoms with Gasteiger partial charge < -0.3 is 40.8 Å². The van der Waals surface area contributed by atoms with E-state index in [4.69, 9.17) is 23.1 Å². The van der Waals surface area contributed by atoms with Gasteiger partial charge in [-0.3, -0.25) is 4.79 Å². The van der Waals surface area contributed by atoms with Gasteiger partial charge in [0, 0.05) is 0 Å². The van der Waals surface area contributed by atoms with Crippen LogP contribution in [0.2, 0.25) is 5.15 Å². The first-order valence-corrected chi connectivity index (χ1v) is 7.57. The van der Waals surface area contributed by atoms with E-state index in [2.05, 4.69) is 15.3 Å². The van der Waals surface area contributed by atoms with Crippen LogP contribution < -0.4 is 45.3 Å². The molecule has 0 aliphatic heterocycles. The summed E-state index contributed by atoms with van der Waals surface area (Å²) in [6.45, 7) is 0.295. The number of nitrogens with zero attached hydrogens (tertiary/aromatic N) is 4. The molecule has 0 saturated heterocycles. The smallest absolute Gasteiger partial charge is 0.276 e. The van der Waals surface area contributed by atoms with Gasteiger partial charge in [-0.25, -0.2) is 19.1 Å². The van der Waals surface area contributed by atoms with E-state index >= 15 is 0 Å². The van der Waals surface area contributed by atoms with Crippen LogP contribution in [0.15, 0.2) is 24.3 Å². The SMILES string of the molecule is Cn1c(CNC(=O)c2nc(Cl)c(N)nc2N)[n+](C)c2ccccc21.[I-]. The van der Waals surface area contributed by atoms with E-state index < -0.39 is 5.91 Å². The van der Waals surface area contributed by atoms with E-state index in [1.165, 1.54) is 0 Å². The minimum atomic E-state index is -0.466. The van der Waals surface area contributed by atoms with Crippen LogP contribution in [-0.2, 0) is 20.6 Å². The Labute approximate surface area is 166 Å². The Balaban J connectivity index is 0.00000225. The molecule has 1 aromatic carbocycles. The number of nitrogen functional groups attached to an aromatic ring is 2. The normalized spacial score (nSPS) is 10.5. The molecule has 2 aromatic heterocycles. The minimum absolute atomic E-state index is 0. The van der Waals surface area contributed by atoms with E-state index in [9.17, 15) is 4.79 Å². The number of aromatic nitrogens is 4. The van der Waals surface area contributed by atoms with Crippen molar-refractivity contribution in [1.82, 2.24) is 19.9 Å². The van der Waals surface area contributed by atoms with E-state index in [1.807, 2.05) is 47.5 Å². The Morgan fingerprint density at radius 2 is 1.96 bits per heavy atom. The average Bonchev–Trinajstić information content (AvgIpc) is 2.80. The molecule has 0 aliphatic rings. The number of carbonyl (C=O) groups excluding carboxylic acids is 1. The predicted octanol–water partition coefficient (Wildman–Crippen LogP) is -2.46. The van der Waals surface area contributed by atoms with Crippen molar-refractivity contribution in [2.24, 2.45) is 14.1 Å². The molecule has 2 heterocycles. The predicted molar refractivity (Wildman–Crippen MR) is 91.1 cm³/mol. The lowest BCUT2D eigenvalue weighted by molar-refractivity contribution is -0.654. The molecule has 0 radical (unpaired) electrons. The maximum Gasteiger partial charge on any atom is 0.276 e. The summed E-state index contributed by atoms with van der Waals surface area (Å²) < 4.78 is 4.03. The summed E-state index contributed by atoms with van der Waals surface area (Å²) in [5, 5.41) is 2.73. The van der Waals surface area contributed by atoms with E-state index in [-0.39, 0.29) is 46.5 Å². The van der Waals surface area contributed by atoms with Crippen LogP contribution >= 0.6 is 11.6 Å². The third kappa shape index (κ3) is 3.47. The average molecular weight is 474 g/mol. The molecule has 1 amide bonds. The van der Waals surface area contributed by atoms with Crippen molar-refractivity contribution < 1.29 is 33.3 Å². The van der Waals surface area contributed by atoms with Gasteiger partial charge in [-0.15, -0.1) is 0 Å². The number of halogens is 2. The Morgan fingerprint density at radius 3 is 2.64 bits per heavy atom. The molecule has 0 fully saturated rings. The fourth-order valence-corrected chi connectivity index (χ4v) is 2.75. The van der Waals surface area contributed by atoms with Gasteiger partial charge in [0.1, 0.15) is 6.54 Å². The Kier molecular flexibility index (Phi) is 5.68. The summed E-state index contributed by atoms with van der Waals surface area (Å²) in [4.78, 5) is 20.0. The van der Waals surface area contributed by atoms with Gasteiger partial charge >= 0.3 is 0 Å². The molecule has 0 aliphatic carbocycles. The molecule has 0 saturated carbocycles. The zero-order valence-electron chi connectivity index (χ0n) is 13.6. The lowest BCUT2D eigenvalue weighted by Gasteiger charge is -2.06. The molecule has 25 heavy (non-hydrogen) atoms. The largest absolute Gasteiger partial charge is 1.00 e. The van der Waals surface area contributed by atoms with Crippen molar-refractivity contribution in [3.8, 4) is 0 Å². The van der Waals surface area contributed by atoms with Gasteiger partial charge in [-0.2, -0.15) is 0 Å². The fraction of sp³-hybridized carbons (Fsp3) is 0.200. The number of nitrogens with one attached hydrogen (secondary N) is 1. The van der Waals surface area contributed by atoms with Crippen molar-refractivity contribution in [3.05, 3.63) is 40.9 Å². The maximum absolute atomic E-state index is 12.3. The lowest BCUT2D eigenvalue weighted by Crippen LogP contribution is -3.00. The zero-order chi connectivity index (χ0) is 17.4. The lowest BCUT2D eigenvalue weighted by atomic mass is 10.3. The number of para-hydroxylation sites is 2. The van der Waals surface area contributed by atoms with E-state index in [0.29, 0.717) is 6.54 Å². The molecule has 0 spiro atoms. The first-order chi connectivity index (χ1) is 11.4. The molecule has 0 atom stereocenters. The molecule has 0 bridgehead atoms. The molecule has 8 nitrogen and oxygen atoms in total. The number of fused-ring (bicyclic) bond motifs is 1. The van der Waals surface area contributed by atoms with Crippen molar-refractivity contribution in [1.29, 1.82) is 0 Å². The van der Waals surface area contributed by atoms with Gasteiger partial charge in [-0.05, 0) is 12.1 Å². The topological polar surface area (TPSA) is 116 Å². The summed E-state index contributed by atoms with van der Waals surface area (Å²) in [5.41, 5.74) is 13.3. The highest BCUT2D eigenvalue weighted by molar-refractivity contribution is 6.31. The van der Waals surface area contributed by atoms with Gasteiger partial charge in [0.2, 0.25) is 0 Å². The first kappa shape index (κ1) is 19.2. The monoisotopic (exact) mass is 473 g/mol. The van der Waals surface area contributed by atoms with Crippen LogP contribution in [0.4, 0.5) is 11.6 Å². The number of aryl methyl sites for hydroxylation is 2. The standard InChI is InChI=1S/C15H16ClN7O.HI/c1-22-8-5-3-4-6-9(8)23(2)10(22)7-19-15(24)11-13(17)21-14(18)12(16)20-11;/h3-6H,7H2,1-2H3,(H4-,17,18,19,21,24);1H. The van der Waals surface area contributed by atoms with Crippen molar-refractivity contribution in [2.45, 2.75) is 6.54 Å². The van der Waals surface area contributed by atoms with Crippen LogP contribution in [-0.4, -0.2) is 20.4 Å². The van der Waals surface area contributed by atoms with Crippen LogP contribution in [0.5, 0.6) is 0 Å². The highest BCUT2D eigenvalue weighted by atomic mass is 127. The molecule has 10 heteroatoms. The van der Waals surface area contributed by atoms with Crippen LogP contribution in [0.25, 0.3) is 11.0 Å². The summed E-state index contributed by atoms with van der Waals surface area (Å²) in [7, 11) is 3.89. The molecule has 3 rings (SSSR count). The molecule has 132 valence electrons. The third-order valence-corrected chi connectivity index (χ3v) is 4.18.